The number of aryl methyl sites for hydroxylation is 1. The Kier molecular flexibility index (Phi) is 4.83. The number of carbonyl (C=O) groups is 2. The fourth-order valence-corrected chi connectivity index (χ4v) is 2.44. The second-order valence-electron chi connectivity index (χ2n) is 5.79. The van der Waals surface area contributed by atoms with Crippen molar-refractivity contribution in [3.63, 3.8) is 0 Å². The number of hydrogen-bond donors (Lipinski definition) is 1. The Morgan fingerprint density at radius 2 is 2.04 bits per heavy atom. The Balaban J connectivity index is 1.69. The lowest BCUT2D eigenvalue weighted by molar-refractivity contribution is -0.116. The van der Waals surface area contributed by atoms with E-state index in [1.807, 2.05) is 6.07 Å². The number of methoxy groups -OCH3 is 1. The molecule has 0 bridgehead atoms. The molecule has 0 unspecified atom stereocenters. The molecule has 0 spiro atoms. The number of fused-ring (bicyclic) bond motifs is 1. The first-order valence-corrected chi connectivity index (χ1v) is 7.89. The van der Waals surface area contributed by atoms with Crippen molar-refractivity contribution in [2.24, 2.45) is 0 Å². The van der Waals surface area contributed by atoms with Crippen molar-refractivity contribution in [3.05, 3.63) is 47.9 Å². The van der Waals surface area contributed by atoms with Crippen LogP contribution in [0, 0.1) is 6.92 Å². The van der Waals surface area contributed by atoms with Crippen molar-refractivity contribution < 1.29 is 18.8 Å². The summed E-state index contributed by atoms with van der Waals surface area (Å²) in [5, 5.41) is 7.12. The second-order valence-corrected chi connectivity index (χ2v) is 5.79. The van der Waals surface area contributed by atoms with Crippen molar-refractivity contribution in [1.82, 2.24) is 15.0 Å². The zero-order chi connectivity index (χ0) is 18.7. The molecule has 0 aliphatic heterocycles. The topological polar surface area (TPSA) is 97.6 Å². The van der Waals surface area contributed by atoms with Crippen molar-refractivity contribution in [2.75, 3.05) is 26.0 Å². The van der Waals surface area contributed by atoms with Crippen molar-refractivity contribution in [2.45, 2.75) is 6.92 Å². The van der Waals surface area contributed by atoms with E-state index in [-0.39, 0.29) is 24.1 Å². The van der Waals surface area contributed by atoms with Gasteiger partial charge in [0.15, 0.2) is 5.82 Å². The van der Waals surface area contributed by atoms with Crippen LogP contribution in [0.5, 0.6) is 5.75 Å². The predicted octanol–water partition coefficient (Wildman–Crippen LogP) is 2.25. The minimum Gasteiger partial charge on any atom is -0.497 e. The zero-order valence-electron chi connectivity index (χ0n) is 14.6. The monoisotopic (exact) mass is 354 g/mol. The van der Waals surface area contributed by atoms with Crippen LogP contribution in [0.2, 0.25) is 0 Å². The molecule has 1 aromatic carbocycles. The van der Waals surface area contributed by atoms with Crippen LogP contribution in [0.1, 0.15) is 16.2 Å². The van der Waals surface area contributed by atoms with Gasteiger partial charge in [0, 0.05) is 18.5 Å². The molecule has 3 aromatic rings. The molecule has 26 heavy (non-hydrogen) atoms. The van der Waals surface area contributed by atoms with Crippen LogP contribution in [-0.4, -0.2) is 47.6 Å². The molecule has 0 radical (unpaired) electrons. The molecule has 8 nitrogen and oxygen atoms in total. The third kappa shape index (κ3) is 3.80. The van der Waals surface area contributed by atoms with Gasteiger partial charge in [-0.05, 0) is 31.2 Å². The molecule has 0 aliphatic rings. The summed E-state index contributed by atoms with van der Waals surface area (Å²) in [5.74, 6) is 0.886. The van der Waals surface area contributed by atoms with Gasteiger partial charge < -0.3 is 19.5 Å². The van der Waals surface area contributed by atoms with E-state index in [2.05, 4.69) is 15.5 Å². The van der Waals surface area contributed by atoms with E-state index in [0.29, 0.717) is 17.1 Å². The van der Waals surface area contributed by atoms with Gasteiger partial charge in [0.2, 0.25) is 5.91 Å². The summed E-state index contributed by atoms with van der Waals surface area (Å²) < 4.78 is 10.1. The standard InChI is InChI=1S/C18H18N4O4/c1-11-8-16(21-26-11)20-17(23)10-22(2)18(24)15-6-4-12-9-13(25-3)5-7-14(12)19-15/h4-9H,10H2,1-3H3,(H,20,21,23). The van der Waals surface area contributed by atoms with E-state index < -0.39 is 0 Å². The van der Waals surface area contributed by atoms with Crippen LogP contribution >= 0.6 is 0 Å². The summed E-state index contributed by atoms with van der Waals surface area (Å²) >= 11 is 0. The number of ether oxygens (including phenoxy) is 1. The summed E-state index contributed by atoms with van der Waals surface area (Å²) in [6.07, 6.45) is 0. The smallest absolute Gasteiger partial charge is 0.272 e. The second kappa shape index (κ2) is 7.22. The van der Waals surface area contributed by atoms with Gasteiger partial charge in [-0.1, -0.05) is 11.2 Å². The number of anilines is 1. The van der Waals surface area contributed by atoms with Gasteiger partial charge in [-0.25, -0.2) is 4.98 Å². The van der Waals surface area contributed by atoms with Crippen molar-refractivity contribution >= 4 is 28.5 Å². The van der Waals surface area contributed by atoms with Crippen molar-refractivity contribution in [1.29, 1.82) is 0 Å². The fourth-order valence-electron chi connectivity index (χ4n) is 2.44. The molecule has 2 heterocycles. The maximum absolute atomic E-state index is 12.5. The Morgan fingerprint density at radius 1 is 1.23 bits per heavy atom. The van der Waals surface area contributed by atoms with E-state index in [1.165, 1.54) is 11.9 Å². The number of nitrogens with zero attached hydrogens (tertiary/aromatic N) is 3. The number of pyridine rings is 1. The Bertz CT molecular complexity index is 967. The van der Waals surface area contributed by atoms with E-state index in [4.69, 9.17) is 9.26 Å². The van der Waals surface area contributed by atoms with Gasteiger partial charge in [0.25, 0.3) is 5.91 Å². The van der Waals surface area contributed by atoms with Crippen LogP contribution in [0.25, 0.3) is 10.9 Å². The zero-order valence-corrected chi connectivity index (χ0v) is 14.6. The normalized spacial score (nSPS) is 10.6. The number of aromatic nitrogens is 2. The first-order valence-electron chi connectivity index (χ1n) is 7.89. The molecule has 0 saturated carbocycles. The summed E-state index contributed by atoms with van der Waals surface area (Å²) in [5.41, 5.74) is 0.933. The van der Waals surface area contributed by atoms with E-state index >= 15 is 0 Å². The number of carbonyl (C=O) groups excluding carboxylic acids is 2. The molecule has 1 N–H and O–H groups in total. The predicted molar refractivity (Wildman–Crippen MR) is 95.1 cm³/mol. The molecule has 0 fully saturated rings. The SMILES string of the molecule is COc1ccc2nc(C(=O)N(C)CC(=O)Nc3cc(C)on3)ccc2c1. The van der Waals surface area contributed by atoms with Crippen molar-refractivity contribution in [3.8, 4) is 5.75 Å². The number of amides is 2. The highest BCUT2D eigenvalue weighted by atomic mass is 16.5. The molecular weight excluding hydrogens is 336 g/mol. The van der Waals surface area contributed by atoms with Crippen LogP contribution in [0.3, 0.4) is 0 Å². The first kappa shape index (κ1) is 17.4. The quantitative estimate of drug-likeness (QED) is 0.755. The fraction of sp³-hybridized carbons (Fsp3) is 0.222. The third-order valence-electron chi connectivity index (χ3n) is 3.74. The van der Waals surface area contributed by atoms with Crippen LogP contribution in [-0.2, 0) is 4.79 Å². The number of likely N-dealkylation sites (N-methyl/N-ethyl adjacent to an activating group) is 1. The maximum Gasteiger partial charge on any atom is 0.272 e. The summed E-state index contributed by atoms with van der Waals surface area (Å²) in [6, 6.07) is 10.4. The molecule has 134 valence electrons. The number of benzene rings is 1. The first-order chi connectivity index (χ1) is 12.5. The lowest BCUT2D eigenvalue weighted by Crippen LogP contribution is -2.35. The highest BCUT2D eigenvalue weighted by molar-refractivity contribution is 5.99. The molecule has 0 atom stereocenters. The lowest BCUT2D eigenvalue weighted by Gasteiger charge is -2.16. The minimum atomic E-state index is -0.375. The number of nitrogens with one attached hydrogen (secondary N) is 1. The average molecular weight is 354 g/mol. The maximum atomic E-state index is 12.5. The van der Waals surface area contributed by atoms with Crippen LogP contribution in [0.15, 0.2) is 40.9 Å². The van der Waals surface area contributed by atoms with Gasteiger partial charge >= 0.3 is 0 Å². The summed E-state index contributed by atoms with van der Waals surface area (Å²) in [6.45, 7) is 1.59. The molecular formula is C18H18N4O4. The molecule has 0 aliphatic carbocycles. The minimum absolute atomic E-state index is 0.132. The van der Waals surface area contributed by atoms with Gasteiger partial charge in [-0.2, -0.15) is 0 Å². The number of rotatable bonds is 5. The molecule has 2 aromatic heterocycles. The van der Waals surface area contributed by atoms with E-state index in [0.717, 1.165) is 11.1 Å². The molecule has 3 rings (SSSR count). The molecule has 0 saturated heterocycles. The summed E-state index contributed by atoms with van der Waals surface area (Å²) in [7, 11) is 3.13. The molecule has 2 amide bonds. The van der Waals surface area contributed by atoms with E-state index in [9.17, 15) is 9.59 Å². The highest BCUT2D eigenvalue weighted by Gasteiger charge is 2.17. The lowest BCUT2D eigenvalue weighted by atomic mass is 10.2. The van der Waals surface area contributed by atoms with Crippen LogP contribution < -0.4 is 10.1 Å². The number of hydrogen-bond acceptors (Lipinski definition) is 6. The Labute approximate surface area is 149 Å². The van der Waals surface area contributed by atoms with Crippen LogP contribution in [0.4, 0.5) is 5.82 Å². The molecule has 8 heteroatoms. The highest BCUT2D eigenvalue weighted by Crippen LogP contribution is 2.20. The van der Waals surface area contributed by atoms with Gasteiger partial charge in [0.05, 0.1) is 19.2 Å². The summed E-state index contributed by atoms with van der Waals surface area (Å²) in [4.78, 5) is 30.2. The largest absolute Gasteiger partial charge is 0.497 e. The van der Waals surface area contributed by atoms with E-state index in [1.54, 1.807) is 44.4 Å². The average Bonchev–Trinajstić information content (AvgIpc) is 3.04. The Morgan fingerprint density at radius 3 is 2.73 bits per heavy atom. The Hall–Kier alpha value is -3.42. The third-order valence-corrected chi connectivity index (χ3v) is 3.74. The van der Waals surface area contributed by atoms with Gasteiger partial charge in [-0.15, -0.1) is 0 Å². The van der Waals surface area contributed by atoms with Gasteiger partial charge in [0.1, 0.15) is 17.2 Å². The van der Waals surface area contributed by atoms with Gasteiger partial charge in [-0.3, -0.25) is 9.59 Å².